The van der Waals surface area contributed by atoms with Gasteiger partial charge in [0, 0.05) is 32.2 Å². The summed E-state index contributed by atoms with van der Waals surface area (Å²) >= 11 is 12.9. The number of methoxy groups -OCH3 is 1. The number of alkyl halides is 1. The summed E-state index contributed by atoms with van der Waals surface area (Å²) in [4.78, 5) is 15.0. The van der Waals surface area contributed by atoms with Crippen LogP contribution < -0.4 is 20.7 Å². The molecular formula is C26H33Cl2FN4O2. The minimum atomic E-state index is -1.12. The van der Waals surface area contributed by atoms with E-state index in [9.17, 15) is 4.79 Å². The summed E-state index contributed by atoms with van der Waals surface area (Å²) in [5.41, 5.74) is 1.56. The number of piperazine rings is 1. The molecule has 4 rings (SSSR count). The van der Waals surface area contributed by atoms with Gasteiger partial charge in [0.15, 0.2) is 0 Å². The molecule has 190 valence electrons. The Kier molecular flexibility index (Phi) is 9.11. The summed E-state index contributed by atoms with van der Waals surface area (Å²) in [7, 11) is 1.54. The van der Waals surface area contributed by atoms with E-state index in [1.165, 1.54) is 0 Å². The molecule has 6 nitrogen and oxygen atoms in total. The van der Waals surface area contributed by atoms with Crippen molar-refractivity contribution in [2.45, 2.75) is 43.9 Å². The maximum atomic E-state index is 15.2. The number of anilines is 1. The number of urea groups is 1. The molecule has 4 atom stereocenters. The summed E-state index contributed by atoms with van der Waals surface area (Å²) in [6.45, 7) is 3.65. The van der Waals surface area contributed by atoms with Gasteiger partial charge in [-0.25, -0.2) is 9.18 Å². The van der Waals surface area contributed by atoms with Gasteiger partial charge in [0.25, 0.3) is 0 Å². The topological polar surface area (TPSA) is 65.6 Å². The Bertz CT molecular complexity index is 1010. The number of ether oxygens (including phenoxy) is 1. The molecule has 2 aromatic carbocycles. The highest BCUT2D eigenvalue weighted by Crippen LogP contribution is 2.40. The van der Waals surface area contributed by atoms with Crippen LogP contribution in [0, 0.1) is 5.92 Å². The van der Waals surface area contributed by atoms with Gasteiger partial charge in [-0.05, 0) is 55.4 Å². The smallest absolute Gasteiger partial charge is 0.319 e. The van der Waals surface area contributed by atoms with Crippen molar-refractivity contribution in [1.82, 2.24) is 15.5 Å². The van der Waals surface area contributed by atoms with Crippen LogP contribution >= 0.6 is 23.2 Å². The highest BCUT2D eigenvalue weighted by Gasteiger charge is 2.35. The van der Waals surface area contributed by atoms with Crippen LogP contribution in [0.25, 0.3) is 0 Å². The van der Waals surface area contributed by atoms with Crippen molar-refractivity contribution in [3.05, 3.63) is 58.1 Å². The van der Waals surface area contributed by atoms with Gasteiger partial charge in [0.1, 0.15) is 11.9 Å². The number of amides is 2. The quantitative estimate of drug-likeness (QED) is 0.438. The molecule has 0 radical (unpaired) electrons. The first-order chi connectivity index (χ1) is 17.0. The maximum absolute atomic E-state index is 15.2. The number of halogens is 3. The number of carbonyl (C=O) groups is 1. The largest absolute Gasteiger partial charge is 0.495 e. The molecular weight excluding hydrogens is 490 g/mol. The molecule has 2 aromatic rings. The van der Waals surface area contributed by atoms with Gasteiger partial charge in [-0.15, -0.1) is 0 Å². The van der Waals surface area contributed by atoms with Crippen molar-refractivity contribution in [1.29, 1.82) is 0 Å². The molecule has 35 heavy (non-hydrogen) atoms. The van der Waals surface area contributed by atoms with Crippen LogP contribution in [0.2, 0.25) is 10.0 Å². The Hall–Kier alpha value is -2.06. The number of para-hydroxylation sites is 2. The van der Waals surface area contributed by atoms with Crippen molar-refractivity contribution in [3.63, 3.8) is 0 Å². The van der Waals surface area contributed by atoms with Crippen molar-refractivity contribution >= 4 is 34.9 Å². The van der Waals surface area contributed by atoms with E-state index >= 15 is 4.39 Å². The van der Waals surface area contributed by atoms with Gasteiger partial charge in [-0.3, -0.25) is 4.90 Å². The van der Waals surface area contributed by atoms with E-state index in [1.807, 2.05) is 24.3 Å². The fourth-order valence-electron chi connectivity index (χ4n) is 5.21. The Morgan fingerprint density at radius 1 is 1.17 bits per heavy atom. The second kappa shape index (κ2) is 12.3. The third kappa shape index (κ3) is 6.58. The Morgan fingerprint density at radius 3 is 2.69 bits per heavy atom. The van der Waals surface area contributed by atoms with E-state index in [0.717, 1.165) is 44.6 Å². The fourth-order valence-corrected chi connectivity index (χ4v) is 5.64. The molecule has 0 aromatic heterocycles. The van der Waals surface area contributed by atoms with Gasteiger partial charge in [-0.2, -0.15) is 0 Å². The second-order valence-corrected chi connectivity index (χ2v) is 10.1. The maximum Gasteiger partial charge on any atom is 0.319 e. The SMILES string of the molecule is COc1ccccc1NC(=O)NC1CCC(CC(c2cccc(Cl)c2Cl)N2CCNCC2)CC1F. The average molecular weight is 523 g/mol. The molecule has 1 aliphatic carbocycles. The van der Waals surface area contributed by atoms with Crippen LogP contribution in [0.4, 0.5) is 14.9 Å². The van der Waals surface area contributed by atoms with Crippen LogP contribution in [0.3, 0.4) is 0 Å². The molecule has 1 aliphatic heterocycles. The molecule has 2 amide bonds. The summed E-state index contributed by atoms with van der Waals surface area (Å²) in [6, 6.07) is 12.0. The van der Waals surface area contributed by atoms with E-state index in [1.54, 1.807) is 25.3 Å². The van der Waals surface area contributed by atoms with Crippen LogP contribution in [-0.4, -0.2) is 56.4 Å². The minimum Gasteiger partial charge on any atom is -0.495 e. The number of hydrogen-bond donors (Lipinski definition) is 3. The van der Waals surface area contributed by atoms with Crippen molar-refractivity contribution < 1.29 is 13.9 Å². The first-order valence-corrected chi connectivity index (χ1v) is 12.9. The lowest BCUT2D eigenvalue weighted by atomic mass is 9.79. The summed E-state index contributed by atoms with van der Waals surface area (Å²) < 4.78 is 20.5. The third-order valence-electron chi connectivity index (χ3n) is 7.04. The molecule has 0 spiro atoms. The van der Waals surface area contributed by atoms with E-state index in [-0.39, 0.29) is 12.0 Å². The van der Waals surface area contributed by atoms with Crippen molar-refractivity contribution in [2.75, 3.05) is 38.6 Å². The van der Waals surface area contributed by atoms with Gasteiger partial charge in [-0.1, -0.05) is 47.5 Å². The number of rotatable bonds is 7. The fraction of sp³-hybridized carbons (Fsp3) is 0.500. The van der Waals surface area contributed by atoms with Gasteiger partial charge in [0.2, 0.25) is 0 Å². The third-order valence-corrected chi connectivity index (χ3v) is 7.88. The Balaban J connectivity index is 1.38. The summed E-state index contributed by atoms with van der Waals surface area (Å²) in [5.74, 6) is 0.747. The Morgan fingerprint density at radius 2 is 1.94 bits per heavy atom. The van der Waals surface area contributed by atoms with Crippen molar-refractivity contribution in [2.24, 2.45) is 5.92 Å². The molecule has 1 saturated heterocycles. The lowest BCUT2D eigenvalue weighted by molar-refractivity contribution is 0.105. The molecule has 3 N–H and O–H groups in total. The standard InChI is InChI=1S/C26H33Cl2FN4O2/c1-35-24-8-3-2-7-22(24)32-26(34)31-21-10-9-17(15-20(21)29)16-23(33-13-11-30-12-14-33)18-5-4-6-19(27)25(18)28/h2-8,17,20-21,23,30H,9-16H2,1H3,(H2,31,32,34). The molecule has 0 bridgehead atoms. The normalized spacial score (nSPS) is 23.9. The zero-order valence-electron chi connectivity index (χ0n) is 19.9. The lowest BCUT2D eigenvalue weighted by Crippen LogP contribution is -2.48. The summed E-state index contributed by atoms with van der Waals surface area (Å²) in [5, 5.41) is 10.1. The number of benzene rings is 2. The average Bonchev–Trinajstić information content (AvgIpc) is 2.87. The molecule has 2 aliphatic rings. The predicted molar refractivity (Wildman–Crippen MR) is 139 cm³/mol. The molecule has 1 saturated carbocycles. The highest BCUT2D eigenvalue weighted by molar-refractivity contribution is 6.42. The summed E-state index contributed by atoms with van der Waals surface area (Å²) in [6.07, 6.45) is 1.51. The number of nitrogens with one attached hydrogen (secondary N) is 3. The van der Waals surface area contributed by atoms with E-state index in [0.29, 0.717) is 34.3 Å². The second-order valence-electron chi connectivity index (χ2n) is 9.28. The predicted octanol–water partition coefficient (Wildman–Crippen LogP) is 5.67. The van der Waals surface area contributed by atoms with E-state index < -0.39 is 18.2 Å². The molecule has 9 heteroatoms. The first-order valence-electron chi connectivity index (χ1n) is 12.2. The molecule has 4 unspecified atom stereocenters. The van der Waals surface area contributed by atoms with Gasteiger partial charge >= 0.3 is 6.03 Å². The zero-order chi connectivity index (χ0) is 24.8. The minimum absolute atomic E-state index is 0.0823. The lowest BCUT2D eigenvalue weighted by Gasteiger charge is -2.39. The van der Waals surface area contributed by atoms with Gasteiger partial charge < -0.3 is 20.7 Å². The number of nitrogens with zero attached hydrogens (tertiary/aromatic N) is 1. The van der Waals surface area contributed by atoms with Crippen molar-refractivity contribution in [3.8, 4) is 5.75 Å². The highest BCUT2D eigenvalue weighted by atomic mass is 35.5. The van der Waals surface area contributed by atoms with Gasteiger partial charge in [0.05, 0.1) is 28.9 Å². The molecule has 2 fully saturated rings. The molecule has 1 heterocycles. The van der Waals surface area contributed by atoms with E-state index in [2.05, 4.69) is 20.9 Å². The zero-order valence-corrected chi connectivity index (χ0v) is 21.4. The van der Waals surface area contributed by atoms with Crippen LogP contribution in [0.15, 0.2) is 42.5 Å². The monoisotopic (exact) mass is 522 g/mol. The van der Waals surface area contributed by atoms with Crippen LogP contribution in [0.1, 0.15) is 37.3 Å². The number of carbonyl (C=O) groups excluding carboxylic acids is 1. The number of hydrogen-bond acceptors (Lipinski definition) is 4. The van der Waals surface area contributed by atoms with Crippen LogP contribution in [0.5, 0.6) is 5.75 Å². The Labute approximate surface area is 216 Å². The van der Waals surface area contributed by atoms with E-state index in [4.69, 9.17) is 27.9 Å². The first kappa shape index (κ1) is 26.0. The van der Waals surface area contributed by atoms with Crippen LogP contribution in [-0.2, 0) is 0 Å².